The molecular weight excluding hydrogens is 488 g/mol. The molecule has 210 valence electrons. The van der Waals surface area contributed by atoms with E-state index in [0.29, 0.717) is 12.8 Å². The van der Waals surface area contributed by atoms with E-state index < -0.39 is 57.6 Å². The van der Waals surface area contributed by atoms with Crippen molar-refractivity contribution in [2.75, 3.05) is 0 Å². The summed E-state index contributed by atoms with van der Waals surface area (Å²) in [5.41, 5.74) is -3.51. The van der Waals surface area contributed by atoms with Gasteiger partial charge in [0.2, 0.25) is 0 Å². The quantitative estimate of drug-likeness (QED) is 0.396. The van der Waals surface area contributed by atoms with Crippen molar-refractivity contribution in [1.82, 2.24) is 0 Å². The fourth-order valence-corrected chi connectivity index (χ4v) is 8.82. The summed E-state index contributed by atoms with van der Waals surface area (Å²) >= 11 is 0. The first kappa shape index (κ1) is 28.8. The molecule has 0 aromatic heterocycles. The summed E-state index contributed by atoms with van der Waals surface area (Å²) in [6.07, 6.45) is -0.718. The van der Waals surface area contributed by atoms with E-state index in [0.717, 1.165) is 0 Å². The maximum absolute atomic E-state index is 14.1. The fraction of sp³-hybridized carbons (Fsp3) is 0.733. The van der Waals surface area contributed by atoms with Crippen LogP contribution in [-0.2, 0) is 19.2 Å². The highest BCUT2D eigenvalue weighted by Gasteiger charge is 2.73. The van der Waals surface area contributed by atoms with Crippen LogP contribution in [-0.4, -0.2) is 62.1 Å². The smallest absolute Gasteiger partial charge is 0.331 e. The number of allylic oxidation sites excluding steroid dienone is 1. The van der Waals surface area contributed by atoms with E-state index in [4.69, 9.17) is 5.11 Å². The lowest BCUT2D eigenvalue weighted by Crippen LogP contribution is -2.64. The number of carbonyl (C=O) groups is 4. The van der Waals surface area contributed by atoms with Crippen molar-refractivity contribution in [1.29, 1.82) is 0 Å². The van der Waals surface area contributed by atoms with Crippen LogP contribution in [0.2, 0.25) is 0 Å². The third-order valence-electron chi connectivity index (χ3n) is 11.4. The molecule has 0 aromatic carbocycles. The number of ketones is 3. The summed E-state index contributed by atoms with van der Waals surface area (Å²) in [5, 5.41) is 42.2. The van der Waals surface area contributed by atoms with Crippen LogP contribution < -0.4 is 0 Å². The van der Waals surface area contributed by atoms with Crippen molar-refractivity contribution in [3.05, 3.63) is 22.8 Å². The van der Waals surface area contributed by atoms with Crippen molar-refractivity contribution in [2.24, 2.45) is 39.4 Å². The molecule has 8 heteroatoms. The molecule has 4 rings (SSSR count). The van der Waals surface area contributed by atoms with E-state index in [1.165, 1.54) is 13.0 Å². The van der Waals surface area contributed by atoms with Crippen LogP contribution in [0.3, 0.4) is 0 Å². The maximum atomic E-state index is 14.1. The monoisotopic (exact) mass is 530 g/mol. The standard InChI is InChI=1S/C30H42O8/c1-14(10-16(31)11-15(2)26(37)38)17-12-21(34)30(7)22-18(32)13-19-27(3,4)20(33)8-9-28(19,5)23(22)24(35)25(36)29(17,30)6/h11,14,16-17,19-20,25,31,33,36H,8-10,12-13H2,1-7H3,(H,37,38)/b15-11+/t14-,16+,17-,19-,20+,25-,28+,29+,30+/m1/s1. The molecule has 0 bridgehead atoms. The second-order valence-electron chi connectivity index (χ2n) is 13.6. The molecule has 4 N–H and O–H groups in total. The van der Waals surface area contributed by atoms with E-state index >= 15 is 0 Å². The van der Waals surface area contributed by atoms with Gasteiger partial charge < -0.3 is 20.4 Å². The van der Waals surface area contributed by atoms with Gasteiger partial charge in [-0.15, -0.1) is 0 Å². The van der Waals surface area contributed by atoms with E-state index in [1.807, 2.05) is 27.7 Å². The predicted octanol–water partition coefficient (Wildman–Crippen LogP) is 3.02. The van der Waals surface area contributed by atoms with Crippen molar-refractivity contribution < 1.29 is 39.6 Å². The molecule has 2 saturated carbocycles. The molecule has 0 saturated heterocycles. The summed E-state index contributed by atoms with van der Waals surface area (Å²) in [7, 11) is 0. The van der Waals surface area contributed by atoms with Crippen LogP contribution in [0.5, 0.6) is 0 Å². The number of aliphatic hydroxyl groups is 3. The summed E-state index contributed by atoms with van der Waals surface area (Å²) in [6, 6.07) is 0. The molecule has 0 amide bonds. The van der Waals surface area contributed by atoms with Crippen LogP contribution in [0, 0.1) is 39.4 Å². The predicted molar refractivity (Wildman–Crippen MR) is 139 cm³/mol. The molecule has 2 fully saturated rings. The number of carboxylic acids is 1. The van der Waals surface area contributed by atoms with E-state index in [2.05, 4.69) is 0 Å². The van der Waals surface area contributed by atoms with E-state index in [1.54, 1.807) is 13.8 Å². The fourth-order valence-electron chi connectivity index (χ4n) is 8.82. The first-order valence-electron chi connectivity index (χ1n) is 13.7. The summed E-state index contributed by atoms with van der Waals surface area (Å²) in [6.45, 7) is 12.4. The van der Waals surface area contributed by atoms with Gasteiger partial charge in [0, 0.05) is 40.4 Å². The minimum absolute atomic E-state index is 0.00190. The molecule has 0 radical (unpaired) electrons. The van der Waals surface area contributed by atoms with Crippen molar-refractivity contribution in [2.45, 2.75) is 98.9 Å². The average Bonchev–Trinajstić information content (AvgIpc) is 3.03. The average molecular weight is 531 g/mol. The van der Waals surface area contributed by atoms with Crippen molar-refractivity contribution in [3.8, 4) is 0 Å². The number of Topliss-reactive ketones (excluding diaryl/α,β-unsaturated/α-hetero) is 3. The van der Waals surface area contributed by atoms with Crippen LogP contribution in [0.1, 0.15) is 80.6 Å². The topological polar surface area (TPSA) is 149 Å². The Morgan fingerprint density at radius 2 is 1.66 bits per heavy atom. The Bertz CT molecular complexity index is 1160. The van der Waals surface area contributed by atoms with Gasteiger partial charge in [0.1, 0.15) is 11.9 Å². The molecule has 0 unspecified atom stereocenters. The molecule has 0 aliphatic heterocycles. The lowest BCUT2D eigenvalue weighted by molar-refractivity contribution is -0.159. The SMILES string of the molecule is C/C(=C\[C@@H](O)C[C@@H](C)[C@H]1CC(=O)[C@@]2(C)C3=C(C(=O)[C@@H](O)[C@]12C)[C@@]1(C)CC[C@H](O)C(C)(C)[C@H]1CC3=O)C(=O)O. The molecule has 8 nitrogen and oxygen atoms in total. The van der Waals surface area contributed by atoms with E-state index in [-0.39, 0.29) is 59.4 Å². The molecule has 4 aliphatic rings. The molecule has 0 spiro atoms. The van der Waals surface area contributed by atoms with Gasteiger partial charge in [-0.3, -0.25) is 14.4 Å². The molecule has 9 atom stereocenters. The van der Waals surface area contributed by atoms with Gasteiger partial charge in [-0.25, -0.2) is 4.79 Å². The lowest BCUT2D eigenvalue weighted by Gasteiger charge is -2.60. The molecule has 4 aliphatic carbocycles. The highest BCUT2D eigenvalue weighted by molar-refractivity contribution is 6.17. The van der Waals surface area contributed by atoms with Gasteiger partial charge in [-0.05, 0) is 62.4 Å². The highest BCUT2D eigenvalue weighted by Crippen LogP contribution is 2.70. The van der Waals surface area contributed by atoms with Gasteiger partial charge in [-0.1, -0.05) is 34.6 Å². The number of aliphatic carboxylic acids is 1. The van der Waals surface area contributed by atoms with Crippen LogP contribution in [0.4, 0.5) is 0 Å². The minimum Gasteiger partial charge on any atom is -0.478 e. The van der Waals surface area contributed by atoms with Gasteiger partial charge in [0.05, 0.1) is 17.6 Å². The largest absolute Gasteiger partial charge is 0.478 e. The second-order valence-corrected chi connectivity index (χ2v) is 13.6. The number of rotatable bonds is 5. The zero-order valence-electron chi connectivity index (χ0n) is 23.5. The zero-order valence-corrected chi connectivity index (χ0v) is 23.5. The van der Waals surface area contributed by atoms with Gasteiger partial charge in [-0.2, -0.15) is 0 Å². The number of fused-ring (bicyclic) bond motifs is 4. The van der Waals surface area contributed by atoms with E-state index in [9.17, 15) is 34.5 Å². The third-order valence-corrected chi connectivity index (χ3v) is 11.4. The van der Waals surface area contributed by atoms with Crippen molar-refractivity contribution >= 4 is 23.3 Å². The number of hydrogen-bond donors (Lipinski definition) is 4. The van der Waals surface area contributed by atoms with Gasteiger partial charge >= 0.3 is 5.97 Å². The van der Waals surface area contributed by atoms with Gasteiger partial charge in [0.15, 0.2) is 11.6 Å². The Morgan fingerprint density at radius 3 is 2.24 bits per heavy atom. The Balaban J connectivity index is 1.82. The molecule has 38 heavy (non-hydrogen) atoms. The molecule has 0 aromatic rings. The Labute approximate surface area is 224 Å². The Hall–Kier alpha value is -2.16. The summed E-state index contributed by atoms with van der Waals surface area (Å²) < 4.78 is 0. The second kappa shape index (κ2) is 8.93. The number of hydrogen-bond acceptors (Lipinski definition) is 7. The molecular formula is C30H42O8. The van der Waals surface area contributed by atoms with Crippen LogP contribution >= 0.6 is 0 Å². The minimum atomic E-state index is -1.52. The highest BCUT2D eigenvalue weighted by atomic mass is 16.4. The zero-order chi connectivity index (χ0) is 28.7. The third kappa shape index (κ3) is 3.59. The summed E-state index contributed by atoms with van der Waals surface area (Å²) in [5.74, 6) is -3.28. The van der Waals surface area contributed by atoms with Crippen LogP contribution in [0.25, 0.3) is 0 Å². The first-order valence-corrected chi connectivity index (χ1v) is 13.7. The number of carbonyl (C=O) groups excluding carboxylic acids is 3. The normalized spacial score (nSPS) is 42.4. The lowest BCUT2D eigenvalue weighted by atomic mass is 9.42. The Kier molecular flexibility index (Phi) is 6.78. The van der Waals surface area contributed by atoms with Crippen LogP contribution in [0.15, 0.2) is 22.8 Å². The van der Waals surface area contributed by atoms with Gasteiger partial charge in [0.25, 0.3) is 0 Å². The first-order chi connectivity index (χ1) is 17.4. The number of aliphatic hydroxyl groups excluding tert-OH is 3. The maximum Gasteiger partial charge on any atom is 0.331 e. The number of carboxylic acid groups (broad SMARTS) is 1. The Morgan fingerprint density at radius 1 is 1.05 bits per heavy atom. The summed E-state index contributed by atoms with van der Waals surface area (Å²) in [4.78, 5) is 53.1. The van der Waals surface area contributed by atoms with Crippen molar-refractivity contribution in [3.63, 3.8) is 0 Å². The molecule has 0 heterocycles.